The summed E-state index contributed by atoms with van der Waals surface area (Å²) >= 11 is 0. The van der Waals surface area contributed by atoms with E-state index >= 15 is 0 Å². The quantitative estimate of drug-likeness (QED) is 0.689. The number of nitrogens with one attached hydrogen (secondary N) is 2. The number of hydrogen-bond donors (Lipinski definition) is 3. The van der Waals surface area contributed by atoms with E-state index in [0.717, 1.165) is 25.0 Å². The molecular formula is C11H18N4O. The van der Waals surface area contributed by atoms with Crippen molar-refractivity contribution in [3.63, 3.8) is 0 Å². The molecule has 1 amide bonds. The van der Waals surface area contributed by atoms with E-state index in [1.165, 1.54) is 0 Å². The average molecular weight is 222 g/mol. The standard InChI is InChI=1S/C11H18N4O/c12-4-8-2-1-3-10(8)11(16)14-6-9-5-13-7-15-9/h5,7-8,10H,1-4,6,12H2,(H,13,15)(H,14,16). The lowest BCUT2D eigenvalue weighted by Crippen LogP contribution is -2.34. The second kappa shape index (κ2) is 5.12. The van der Waals surface area contributed by atoms with E-state index in [1.807, 2.05) is 0 Å². The van der Waals surface area contributed by atoms with Crippen LogP contribution in [0.5, 0.6) is 0 Å². The van der Waals surface area contributed by atoms with E-state index in [1.54, 1.807) is 12.5 Å². The Morgan fingerprint density at radius 3 is 3.19 bits per heavy atom. The number of aromatic nitrogens is 2. The van der Waals surface area contributed by atoms with Crippen LogP contribution in [-0.2, 0) is 11.3 Å². The molecule has 0 radical (unpaired) electrons. The zero-order valence-electron chi connectivity index (χ0n) is 9.28. The van der Waals surface area contributed by atoms with Crippen molar-refractivity contribution in [3.05, 3.63) is 18.2 Å². The maximum absolute atomic E-state index is 11.9. The van der Waals surface area contributed by atoms with Crippen molar-refractivity contribution in [2.45, 2.75) is 25.8 Å². The van der Waals surface area contributed by atoms with E-state index in [0.29, 0.717) is 19.0 Å². The molecule has 5 nitrogen and oxygen atoms in total. The summed E-state index contributed by atoms with van der Waals surface area (Å²) in [4.78, 5) is 18.8. The number of aromatic amines is 1. The molecule has 0 saturated heterocycles. The van der Waals surface area contributed by atoms with Crippen LogP contribution >= 0.6 is 0 Å². The summed E-state index contributed by atoms with van der Waals surface area (Å²) in [6, 6.07) is 0. The van der Waals surface area contributed by atoms with Crippen molar-refractivity contribution in [2.24, 2.45) is 17.6 Å². The lowest BCUT2D eigenvalue weighted by Gasteiger charge is -2.16. The molecule has 1 aromatic rings. The van der Waals surface area contributed by atoms with Crippen LogP contribution in [0.2, 0.25) is 0 Å². The first-order chi connectivity index (χ1) is 7.81. The van der Waals surface area contributed by atoms with Crippen molar-refractivity contribution in [1.29, 1.82) is 0 Å². The molecule has 0 aromatic carbocycles. The monoisotopic (exact) mass is 222 g/mol. The summed E-state index contributed by atoms with van der Waals surface area (Å²) in [5, 5.41) is 2.93. The molecule has 0 aliphatic heterocycles. The molecule has 0 bridgehead atoms. The maximum atomic E-state index is 11.9. The molecule has 88 valence electrons. The van der Waals surface area contributed by atoms with Crippen LogP contribution in [0.3, 0.4) is 0 Å². The fraction of sp³-hybridized carbons (Fsp3) is 0.636. The number of rotatable bonds is 4. The normalized spacial score (nSPS) is 24.6. The highest BCUT2D eigenvalue weighted by atomic mass is 16.1. The van der Waals surface area contributed by atoms with Gasteiger partial charge in [0.15, 0.2) is 0 Å². The summed E-state index contributed by atoms with van der Waals surface area (Å²) in [7, 11) is 0. The predicted molar refractivity (Wildman–Crippen MR) is 60.3 cm³/mol. The van der Waals surface area contributed by atoms with Gasteiger partial charge in [-0.3, -0.25) is 4.79 Å². The van der Waals surface area contributed by atoms with Gasteiger partial charge in [-0.1, -0.05) is 6.42 Å². The lowest BCUT2D eigenvalue weighted by atomic mass is 9.95. The molecule has 16 heavy (non-hydrogen) atoms. The second-order valence-corrected chi connectivity index (χ2v) is 4.33. The summed E-state index contributed by atoms with van der Waals surface area (Å²) in [6.07, 6.45) is 6.49. The van der Waals surface area contributed by atoms with Crippen LogP contribution in [0.4, 0.5) is 0 Å². The number of nitrogens with zero attached hydrogens (tertiary/aromatic N) is 1. The van der Waals surface area contributed by atoms with Crippen molar-refractivity contribution < 1.29 is 4.79 Å². The van der Waals surface area contributed by atoms with Crippen LogP contribution in [0, 0.1) is 11.8 Å². The van der Waals surface area contributed by atoms with Gasteiger partial charge < -0.3 is 16.0 Å². The van der Waals surface area contributed by atoms with Gasteiger partial charge in [0.25, 0.3) is 0 Å². The Morgan fingerprint density at radius 1 is 1.62 bits per heavy atom. The van der Waals surface area contributed by atoms with Crippen molar-refractivity contribution >= 4 is 5.91 Å². The van der Waals surface area contributed by atoms with Crippen molar-refractivity contribution in [1.82, 2.24) is 15.3 Å². The molecule has 1 aliphatic rings. The Hall–Kier alpha value is -1.36. The smallest absolute Gasteiger partial charge is 0.223 e. The topological polar surface area (TPSA) is 83.8 Å². The SMILES string of the molecule is NCC1CCCC1C(=O)NCc1cnc[nH]1. The lowest BCUT2D eigenvalue weighted by molar-refractivity contribution is -0.126. The Morgan fingerprint density at radius 2 is 2.50 bits per heavy atom. The third-order valence-electron chi connectivity index (χ3n) is 3.31. The average Bonchev–Trinajstić information content (AvgIpc) is 2.96. The largest absolute Gasteiger partial charge is 0.350 e. The van der Waals surface area contributed by atoms with Crippen molar-refractivity contribution in [2.75, 3.05) is 6.54 Å². The van der Waals surface area contributed by atoms with Gasteiger partial charge in [-0.25, -0.2) is 4.98 Å². The highest BCUT2D eigenvalue weighted by Gasteiger charge is 2.31. The highest BCUT2D eigenvalue weighted by Crippen LogP contribution is 2.30. The van der Waals surface area contributed by atoms with Gasteiger partial charge in [0.1, 0.15) is 0 Å². The fourth-order valence-electron chi connectivity index (χ4n) is 2.36. The van der Waals surface area contributed by atoms with Gasteiger partial charge >= 0.3 is 0 Å². The number of nitrogens with two attached hydrogens (primary N) is 1. The minimum Gasteiger partial charge on any atom is -0.350 e. The second-order valence-electron chi connectivity index (χ2n) is 4.33. The summed E-state index contributed by atoms with van der Waals surface area (Å²) in [5.41, 5.74) is 6.58. The van der Waals surface area contributed by atoms with E-state index in [4.69, 9.17) is 5.73 Å². The molecule has 1 aromatic heterocycles. The van der Waals surface area contributed by atoms with Crippen molar-refractivity contribution in [3.8, 4) is 0 Å². The molecule has 1 aliphatic carbocycles. The number of carbonyl (C=O) groups is 1. The van der Waals surface area contributed by atoms with Crippen LogP contribution in [0.25, 0.3) is 0 Å². The van der Waals surface area contributed by atoms with E-state index in [9.17, 15) is 4.79 Å². The number of amides is 1. The molecule has 1 heterocycles. The van der Waals surface area contributed by atoms with Gasteiger partial charge in [-0.15, -0.1) is 0 Å². The number of hydrogen-bond acceptors (Lipinski definition) is 3. The van der Waals surface area contributed by atoms with E-state index in [-0.39, 0.29) is 11.8 Å². The summed E-state index contributed by atoms with van der Waals surface area (Å²) in [6.45, 7) is 1.13. The highest BCUT2D eigenvalue weighted by molar-refractivity contribution is 5.79. The minimum atomic E-state index is 0.105. The zero-order chi connectivity index (χ0) is 11.4. The molecule has 2 atom stereocenters. The molecule has 5 heteroatoms. The Bertz CT molecular complexity index is 336. The summed E-state index contributed by atoms with van der Waals surface area (Å²) in [5.74, 6) is 0.595. The number of carbonyl (C=O) groups excluding carboxylic acids is 1. The number of imidazole rings is 1. The van der Waals surface area contributed by atoms with Crippen LogP contribution in [-0.4, -0.2) is 22.4 Å². The zero-order valence-corrected chi connectivity index (χ0v) is 9.28. The van der Waals surface area contributed by atoms with Gasteiger partial charge in [0.05, 0.1) is 18.6 Å². The first kappa shape index (κ1) is 11.1. The van der Waals surface area contributed by atoms with Crippen LogP contribution < -0.4 is 11.1 Å². The molecule has 2 rings (SSSR count). The first-order valence-corrected chi connectivity index (χ1v) is 5.76. The predicted octanol–water partition coefficient (Wildman–Crippen LogP) is 0.401. The maximum Gasteiger partial charge on any atom is 0.223 e. The van der Waals surface area contributed by atoms with Crippen LogP contribution in [0.1, 0.15) is 25.0 Å². The molecule has 1 fully saturated rings. The third kappa shape index (κ3) is 2.41. The van der Waals surface area contributed by atoms with Gasteiger partial charge in [-0.05, 0) is 25.3 Å². The number of H-pyrrole nitrogens is 1. The Labute approximate surface area is 94.8 Å². The molecule has 0 spiro atoms. The Kier molecular flexibility index (Phi) is 3.56. The first-order valence-electron chi connectivity index (χ1n) is 5.76. The molecule has 2 unspecified atom stereocenters. The summed E-state index contributed by atoms with van der Waals surface area (Å²) < 4.78 is 0. The molecule has 4 N–H and O–H groups in total. The molecule has 1 saturated carbocycles. The van der Waals surface area contributed by atoms with Gasteiger partial charge in [-0.2, -0.15) is 0 Å². The molecular weight excluding hydrogens is 204 g/mol. The van der Waals surface area contributed by atoms with Crippen LogP contribution in [0.15, 0.2) is 12.5 Å². The van der Waals surface area contributed by atoms with Gasteiger partial charge in [0.2, 0.25) is 5.91 Å². The minimum absolute atomic E-state index is 0.105. The fourth-order valence-corrected chi connectivity index (χ4v) is 2.36. The van der Waals surface area contributed by atoms with E-state index in [2.05, 4.69) is 15.3 Å². The van der Waals surface area contributed by atoms with Gasteiger partial charge in [0, 0.05) is 12.1 Å². The Balaban J connectivity index is 1.83. The van der Waals surface area contributed by atoms with E-state index < -0.39 is 0 Å². The third-order valence-corrected chi connectivity index (χ3v) is 3.31.